The van der Waals surface area contributed by atoms with Crippen LogP contribution in [0.1, 0.15) is 0 Å². The quantitative estimate of drug-likeness (QED) is 0.667. The van der Waals surface area contributed by atoms with Gasteiger partial charge in [-0.3, -0.25) is 4.72 Å². The van der Waals surface area contributed by atoms with Crippen LogP contribution in [0.2, 0.25) is 5.02 Å². The predicted molar refractivity (Wildman–Crippen MR) is 113 cm³/mol. The maximum atomic E-state index is 12.5. The molecule has 1 aliphatic rings. The number of nitrogens with one attached hydrogen (secondary N) is 1. The van der Waals surface area contributed by atoms with Crippen LogP contribution in [0.4, 0.5) is 11.5 Å². The minimum Gasteiger partial charge on any atom is -0.378 e. The topological polar surface area (TPSA) is 84.4 Å². The molecule has 1 aliphatic heterocycles. The van der Waals surface area contributed by atoms with Gasteiger partial charge in [0.25, 0.3) is 10.0 Å². The molecule has 0 amide bonds. The molecule has 0 unspecified atom stereocenters. The van der Waals surface area contributed by atoms with E-state index in [4.69, 9.17) is 16.3 Å². The molecule has 0 saturated carbocycles. The third kappa shape index (κ3) is 4.67. The van der Waals surface area contributed by atoms with Gasteiger partial charge in [0.05, 0.1) is 23.8 Å². The number of hydrogen-bond acceptors (Lipinski definition) is 6. The van der Waals surface area contributed by atoms with Crippen molar-refractivity contribution in [1.82, 2.24) is 10.2 Å². The fourth-order valence-electron chi connectivity index (χ4n) is 2.98. The van der Waals surface area contributed by atoms with Crippen molar-refractivity contribution in [3.05, 3.63) is 65.7 Å². The Hall–Kier alpha value is -2.68. The van der Waals surface area contributed by atoms with Gasteiger partial charge in [-0.15, -0.1) is 10.2 Å². The largest absolute Gasteiger partial charge is 0.378 e. The van der Waals surface area contributed by atoms with Crippen LogP contribution in [0.15, 0.2) is 65.6 Å². The summed E-state index contributed by atoms with van der Waals surface area (Å²) in [5, 5.41) is 9.09. The molecule has 150 valence electrons. The molecule has 7 nitrogen and oxygen atoms in total. The highest BCUT2D eigenvalue weighted by Crippen LogP contribution is 2.23. The molecule has 0 radical (unpaired) electrons. The Labute approximate surface area is 174 Å². The lowest BCUT2D eigenvalue weighted by Gasteiger charge is -2.27. The van der Waals surface area contributed by atoms with E-state index < -0.39 is 10.0 Å². The van der Waals surface area contributed by atoms with Crippen molar-refractivity contribution in [1.29, 1.82) is 0 Å². The van der Waals surface area contributed by atoms with Gasteiger partial charge in [-0.2, -0.15) is 0 Å². The van der Waals surface area contributed by atoms with Crippen LogP contribution < -0.4 is 9.62 Å². The summed E-state index contributed by atoms with van der Waals surface area (Å²) in [5.74, 6) is 0.824. The minimum atomic E-state index is -3.68. The molecule has 0 spiro atoms. The van der Waals surface area contributed by atoms with Gasteiger partial charge in [0.2, 0.25) is 0 Å². The van der Waals surface area contributed by atoms with E-state index in [0.29, 0.717) is 29.6 Å². The number of hydrogen-bond donors (Lipinski definition) is 1. The zero-order valence-corrected chi connectivity index (χ0v) is 17.0. The average Bonchev–Trinajstić information content (AvgIpc) is 2.75. The Morgan fingerprint density at radius 1 is 0.897 bits per heavy atom. The van der Waals surface area contributed by atoms with Gasteiger partial charge in [0.1, 0.15) is 0 Å². The van der Waals surface area contributed by atoms with Gasteiger partial charge in [-0.25, -0.2) is 8.42 Å². The second-order valence-corrected chi connectivity index (χ2v) is 8.63. The van der Waals surface area contributed by atoms with Crippen LogP contribution in [0, 0.1) is 0 Å². The number of anilines is 2. The molecular formula is C20H19ClN4O3S. The molecular weight excluding hydrogens is 412 g/mol. The van der Waals surface area contributed by atoms with Gasteiger partial charge >= 0.3 is 0 Å². The summed E-state index contributed by atoms with van der Waals surface area (Å²) in [5.41, 5.74) is 2.02. The Balaban J connectivity index is 1.47. The number of morpholine rings is 1. The summed E-state index contributed by atoms with van der Waals surface area (Å²) >= 11 is 5.82. The lowest BCUT2D eigenvalue weighted by atomic mass is 10.1. The smallest absolute Gasteiger partial charge is 0.261 e. The van der Waals surface area contributed by atoms with Crippen molar-refractivity contribution in [2.45, 2.75) is 4.90 Å². The van der Waals surface area contributed by atoms with Crippen LogP contribution in [0.25, 0.3) is 11.3 Å². The highest BCUT2D eigenvalue weighted by molar-refractivity contribution is 7.92. The maximum Gasteiger partial charge on any atom is 0.261 e. The molecule has 1 saturated heterocycles. The first-order valence-electron chi connectivity index (χ1n) is 9.06. The molecule has 1 aromatic heterocycles. The van der Waals surface area contributed by atoms with E-state index in [1.54, 1.807) is 36.4 Å². The standard InChI is InChI=1S/C20H19ClN4O3S/c21-16-3-7-18(8-4-16)29(26,27)24-17-5-1-15(2-6-17)19-9-10-20(23-22-19)25-11-13-28-14-12-25/h1-10,24H,11-14H2. The molecule has 2 aromatic carbocycles. The number of ether oxygens (including phenoxy) is 1. The molecule has 1 fully saturated rings. The number of nitrogens with zero attached hydrogens (tertiary/aromatic N) is 3. The van der Waals surface area contributed by atoms with E-state index in [1.165, 1.54) is 12.1 Å². The zero-order chi connectivity index (χ0) is 20.3. The van der Waals surface area contributed by atoms with Crippen molar-refractivity contribution in [2.24, 2.45) is 0 Å². The summed E-state index contributed by atoms with van der Waals surface area (Å²) in [6.07, 6.45) is 0. The molecule has 3 aromatic rings. The molecule has 29 heavy (non-hydrogen) atoms. The highest BCUT2D eigenvalue weighted by Gasteiger charge is 2.15. The second-order valence-electron chi connectivity index (χ2n) is 6.51. The van der Waals surface area contributed by atoms with Crippen molar-refractivity contribution in [3.63, 3.8) is 0 Å². The number of rotatable bonds is 5. The SMILES string of the molecule is O=S(=O)(Nc1ccc(-c2ccc(N3CCOCC3)nn2)cc1)c1ccc(Cl)cc1. The van der Waals surface area contributed by atoms with Gasteiger partial charge in [0.15, 0.2) is 5.82 Å². The summed E-state index contributed by atoms with van der Waals surface area (Å²) in [6.45, 7) is 2.99. The monoisotopic (exact) mass is 430 g/mol. The summed E-state index contributed by atoms with van der Waals surface area (Å²) in [7, 11) is -3.68. The summed E-state index contributed by atoms with van der Waals surface area (Å²) in [4.78, 5) is 2.28. The lowest BCUT2D eigenvalue weighted by molar-refractivity contribution is 0.122. The molecule has 0 aliphatic carbocycles. The average molecular weight is 431 g/mol. The molecule has 4 rings (SSSR count). The first-order chi connectivity index (χ1) is 14.0. The van der Waals surface area contributed by atoms with E-state index in [1.807, 2.05) is 12.1 Å². The molecule has 0 atom stereocenters. The molecule has 0 bridgehead atoms. The molecule has 1 N–H and O–H groups in total. The first kappa shape index (κ1) is 19.6. The zero-order valence-electron chi connectivity index (χ0n) is 15.5. The Kier molecular flexibility index (Phi) is 5.66. The van der Waals surface area contributed by atoms with Crippen molar-refractivity contribution < 1.29 is 13.2 Å². The van der Waals surface area contributed by atoms with Gasteiger partial charge in [-0.05, 0) is 48.5 Å². The van der Waals surface area contributed by atoms with Crippen LogP contribution in [-0.2, 0) is 14.8 Å². The Morgan fingerprint density at radius 2 is 1.59 bits per heavy atom. The highest BCUT2D eigenvalue weighted by atomic mass is 35.5. The first-order valence-corrected chi connectivity index (χ1v) is 10.9. The summed E-state index contributed by atoms with van der Waals surface area (Å²) in [6, 6.07) is 16.8. The van der Waals surface area contributed by atoms with Gasteiger partial charge < -0.3 is 9.64 Å². The van der Waals surface area contributed by atoms with E-state index in [2.05, 4.69) is 19.8 Å². The third-order valence-electron chi connectivity index (χ3n) is 4.54. The summed E-state index contributed by atoms with van der Waals surface area (Å²) < 4.78 is 32.8. The van der Waals surface area contributed by atoms with E-state index in [-0.39, 0.29) is 4.90 Å². The molecule has 2 heterocycles. The van der Waals surface area contributed by atoms with Crippen molar-refractivity contribution >= 4 is 33.1 Å². The van der Waals surface area contributed by atoms with Crippen LogP contribution in [0.3, 0.4) is 0 Å². The fourth-order valence-corrected chi connectivity index (χ4v) is 4.16. The van der Waals surface area contributed by atoms with E-state index >= 15 is 0 Å². The third-order valence-corrected chi connectivity index (χ3v) is 6.19. The van der Waals surface area contributed by atoms with Crippen LogP contribution >= 0.6 is 11.6 Å². The predicted octanol–water partition coefficient (Wildman–Crippen LogP) is 3.43. The minimum absolute atomic E-state index is 0.149. The lowest BCUT2D eigenvalue weighted by Crippen LogP contribution is -2.36. The number of aromatic nitrogens is 2. The van der Waals surface area contributed by atoms with Crippen molar-refractivity contribution in [2.75, 3.05) is 35.9 Å². The fraction of sp³-hybridized carbons (Fsp3) is 0.200. The van der Waals surface area contributed by atoms with E-state index in [9.17, 15) is 8.42 Å². The van der Waals surface area contributed by atoms with Crippen LogP contribution in [0.5, 0.6) is 0 Å². The Bertz CT molecular complexity index is 1070. The van der Waals surface area contributed by atoms with Gasteiger partial charge in [-0.1, -0.05) is 23.7 Å². The Morgan fingerprint density at radius 3 is 2.21 bits per heavy atom. The number of halogens is 1. The number of sulfonamides is 1. The van der Waals surface area contributed by atoms with Crippen molar-refractivity contribution in [3.8, 4) is 11.3 Å². The van der Waals surface area contributed by atoms with E-state index in [0.717, 1.165) is 24.5 Å². The van der Waals surface area contributed by atoms with Crippen LogP contribution in [-0.4, -0.2) is 44.9 Å². The maximum absolute atomic E-state index is 12.5. The molecule has 9 heteroatoms. The normalized spacial score (nSPS) is 14.6. The van der Waals surface area contributed by atoms with Gasteiger partial charge in [0, 0.05) is 29.4 Å². The second kappa shape index (κ2) is 8.36. The number of benzene rings is 2.